The van der Waals surface area contributed by atoms with Crippen LogP contribution in [0.2, 0.25) is 0 Å². The van der Waals surface area contributed by atoms with Crippen molar-refractivity contribution >= 4 is 11.5 Å². The minimum absolute atomic E-state index is 0.178. The number of hydrogen-bond donors (Lipinski definition) is 2. The highest BCUT2D eigenvalue weighted by Gasteiger charge is 2.34. The molecule has 2 aromatic rings. The Kier molecular flexibility index (Phi) is 3.78. The molecule has 0 saturated heterocycles. The summed E-state index contributed by atoms with van der Waals surface area (Å²) in [7, 11) is 0. The van der Waals surface area contributed by atoms with Crippen LogP contribution in [0.4, 0.5) is 10.1 Å². The topological polar surface area (TPSA) is 85.8 Å². The van der Waals surface area contributed by atoms with Crippen molar-refractivity contribution in [3.8, 4) is 6.07 Å². The van der Waals surface area contributed by atoms with Gasteiger partial charge in [-0.2, -0.15) is 5.26 Å². The van der Waals surface area contributed by atoms with Gasteiger partial charge in [0.1, 0.15) is 5.82 Å². The fourth-order valence-electron chi connectivity index (χ4n) is 3.13. The third-order valence-corrected chi connectivity index (χ3v) is 4.12. The van der Waals surface area contributed by atoms with Gasteiger partial charge in [0, 0.05) is 34.6 Å². The number of fused-ring (bicyclic) bond motifs is 1. The number of carbonyl (C=O) groups is 1. The molecule has 1 aromatic carbocycles. The van der Waals surface area contributed by atoms with Crippen LogP contribution in [0.1, 0.15) is 36.5 Å². The summed E-state index contributed by atoms with van der Waals surface area (Å²) in [5.41, 5.74) is 1.72. The number of benzene rings is 1. The van der Waals surface area contributed by atoms with Crippen molar-refractivity contribution in [1.29, 1.82) is 5.26 Å². The first-order valence-electron chi connectivity index (χ1n) is 7.34. The summed E-state index contributed by atoms with van der Waals surface area (Å²) in [6.07, 6.45) is 1.49. The fraction of sp³-hybridized carbons (Fsp3) is 0.167. The zero-order valence-electron chi connectivity index (χ0n) is 13.1. The number of carbonyl (C=O) groups excluding carboxylic acids is 1. The maximum Gasteiger partial charge on any atom is 0.254 e. The van der Waals surface area contributed by atoms with Gasteiger partial charge in [-0.05, 0) is 32.0 Å². The molecule has 24 heavy (non-hydrogen) atoms. The molecule has 1 unspecified atom stereocenters. The van der Waals surface area contributed by atoms with Gasteiger partial charge in [-0.3, -0.25) is 9.59 Å². The van der Waals surface area contributed by atoms with Gasteiger partial charge >= 0.3 is 0 Å². The second-order valence-corrected chi connectivity index (χ2v) is 5.64. The highest BCUT2D eigenvalue weighted by Crippen LogP contribution is 2.40. The Morgan fingerprint density at radius 3 is 2.71 bits per heavy atom. The van der Waals surface area contributed by atoms with E-state index in [1.807, 2.05) is 6.07 Å². The number of nitrogens with zero attached hydrogens (tertiary/aromatic N) is 1. The van der Waals surface area contributed by atoms with Crippen LogP contribution < -0.4 is 10.9 Å². The van der Waals surface area contributed by atoms with E-state index in [-0.39, 0.29) is 28.0 Å². The standard InChI is InChI=1S/C18H14FN3O2/c1-9-15(10(2)23)16(12-4-3-11(8-20)7-13(12)19)17-14(22-9)5-6-21-18(17)24/h3-7,16,22H,1-2H3,(H,21,24). The van der Waals surface area contributed by atoms with Gasteiger partial charge in [0.2, 0.25) is 0 Å². The molecule has 1 aliphatic rings. The highest BCUT2D eigenvalue weighted by atomic mass is 19.1. The summed E-state index contributed by atoms with van der Waals surface area (Å²) < 4.78 is 14.6. The first-order valence-corrected chi connectivity index (χ1v) is 7.34. The second kappa shape index (κ2) is 5.78. The molecule has 0 bridgehead atoms. The average Bonchev–Trinajstić information content (AvgIpc) is 2.53. The molecule has 5 nitrogen and oxygen atoms in total. The molecule has 0 spiro atoms. The molecule has 2 heterocycles. The second-order valence-electron chi connectivity index (χ2n) is 5.64. The predicted molar refractivity (Wildman–Crippen MR) is 87.0 cm³/mol. The van der Waals surface area contributed by atoms with E-state index in [1.165, 1.54) is 25.3 Å². The van der Waals surface area contributed by atoms with E-state index in [4.69, 9.17) is 5.26 Å². The van der Waals surface area contributed by atoms with Crippen LogP contribution in [-0.2, 0) is 4.79 Å². The van der Waals surface area contributed by atoms with Gasteiger partial charge < -0.3 is 10.3 Å². The van der Waals surface area contributed by atoms with E-state index in [0.717, 1.165) is 6.07 Å². The van der Waals surface area contributed by atoms with Gasteiger partial charge in [0.05, 0.1) is 17.2 Å². The van der Waals surface area contributed by atoms with Crippen LogP contribution in [0.25, 0.3) is 0 Å². The minimum Gasteiger partial charge on any atom is -0.358 e. The monoisotopic (exact) mass is 323 g/mol. The molecule has 1 aliphatic heterocycles. The third kappa shape index (κ3) is 2.40. The number of aromatic amines is 1. The van der Waals surface area contributed by atoms with Gasteiger partial charge in [-0.25, -0.2) is 4.39 Å². The molecule has 0 radical (unpaired) electrons. The number of H-pyrrole nitrogens is 1. The van der Waals surface area contributed by atoms with Crippen molar-refractivity contribution in [2.24, 2.45) is 0 Å². The third-order valence-electron chi connectivity index (χ3n) is 4.12. The fourth-order valence-corrected chi connectivity index (χ4v) is 3.13. The van der Waals surface area contributed by atoms with Crippen LogP contribution in [0.3, 0.4) is 0 Å². The summed E-state index contributed by atoms with van der Waals surface area (Å²) in [5, 5.41) is 11.9. The molecule has 120 valence electrons. The number of Topliss-reactive ketones (excluding diaryl/α,β-unsaturated/α-hetero) is 1. The molecule has 0 aliphatic carbocycles. The largest absolute Gasteiger partial charge is 0.358 e. The van der Waals surface area contributed by atoms with E-state index in [1.54, 1.807) is 13.0 Å². The number of nitrogens with one attached hydrogen (secondary N) is 2. The van der Waals surface area contributed by atoms with Gasteiger partial charge in [0.25, 0.3) is 5.56 Å². The SMILES string of the molecule is CC(=O)C1=C(C)Nc2cc[nH]c(=O)c2C1c1ccc(C#N)cc1F. The lowest BCUT2D eigenvalue weighted by Crippen LogP contribution is -2.28. The summed E-state index contributed by atoms with van der Waals surface area (Å²) in [5.74, 6) is -1.69. The van der Waals surface area contributed by atoms with Crippen molar-refractivity contribution in [3.05, 3.63) is 74.6 Å². The molecular formula is C18H14FN3O2. The van der Waals surface area contributed by atoms with Crippen LogP contribution in [0, 0.1) is 17.1 Å². The van der Waals surface area contributed by atoms with Gasteiger partial charge in [-0.15, -0.1) is 0 Å². The Morgan fingerprint density at radius 2 is 2.08 bits per heavy atom. The number of nitriles is 1. The lowest BCUT2D eigenvalue weighted by Gasteiger charge is -2.29. The summed E-state index contributed by atoms with van der Waals surface area (Å²) >= 11 is 0. The Morgan fingerprint density at radius 1 is 1.33 bits per heavy atom. The molecule has 3 rings (SSSR count). The van der Waals surface area contributed by atoms with E-state index in [9.17, 15) is 14.0 Å². The summed E-state index contributed by atoms with van der Waals surface area (Å²) in [4.78, 5) is 27.1. The van der Waals surface area contributed by atoms with Crippen LogP contribution in [-0.4, -0.2) is 10.8 Å². The van der Waals surface area contributed by atoms with Gasteiger partial charge in [-0.1, -0.05) is 6.07 Å². The number of ketones is 1. The predicted octanol–water partition coefficient (Wildman–Crippen LogP) is 2.81. The number of anilines is 1. The highest BCUT2D eigenvalue weighted by molar-refractivity contribution is 5.98. The van der Waals surface area contributed by atoms with E-state index < -0.39 is 11.7 Å². The molecule has 0 amide bonds. The summed E-state index contributed by atoms with van der Waals surface area (Å²) in [6, 6.07) is 7.59. The number of allylic oxidation sites excluding steroid dienone is 2. The quantitative estimate of drug-likeness (QED) is 0.890. The smallest absolute Gasteiger partial charge is 0.254 e. The Hall–Kier alpha value is -3.20. The number of rotatable bonds is 2. The van der Waals surface area contributed by atoms with E-state index >= 15 is 0 Å². The van der Waals surface area contributed by atoms with Gasteiger partial charge in [0.15, 0.2) is 5.78 Å². The van der Waals surface area contributed by atoms with Crippen LogP contribution in [0.5, 0.6) is 0 Å². The zero-order valence-corrected chi connectivity index (χ0v) is 13.1. The number of hydrogen-bond acceptors (Lipinski definition) is 4. The van der Waals surface area contributed by atoms with Crippen molar-refractivity contribution in [1.82, 2.24) is 4.98 Å². The Bertz CT molecular complexity index is 982. The minimum atomic E-state index is -0.823. The lowest BCUT2D eigenvalue weighted by atomic mass is 9.79. The molecule has 2 N–H and O–H groups in total. The maximum atomic E-state index is 14.6. The number of pyridine rings is 1. The molecule has 6 heteroatoms. The van der Waals surface area contributed by atoms with Crippen LogP contribution >= 0.6 is 0 Å². The molecule has 0 fully saturated rings. The lowest BCUT2D eigenvalue weighted by molar-refractivity contribution is -0.113. The Labute approximate surface area is 137 Å². The van der Waals surface area contributed by atoms with E-state index in [0.29, 0.717) is 17.0 Å². The van der Waals surface area contributed by atoms with Crippen molar-refractivity contribution in [3.63, 3.8) is 0 Å². The summed E-state index contributed by atoms with van der Waals surface area (Å²) in [6.45, 7) is 3.10. The molecular weight excluding hydrogens is 309 g/mol. The van der Waals surface area contributed by atoms with Crippen molar-refractivity contribution in [2.75, 3.05) is 5.32 Å². The normalized spacial score (nSPS) is 16.2. The zero-order chi connectivity index (χ0) is 17.4. The average molecular weight is 323 g/mol. The maximum absolute atomic E-state index is 14.6. The van der Waals surface area contributed by atoms with Crippen molar-refractivity contribution in [2.45, 2.75) is 19.8 Å². The number of halogens is 1. The first-order chi connectivity index (χ1) is 11.4. The number of aromatic nitrogens is 1. The molecule has 1 aromatic heterocycles. The Balaban J connectivity index is 2.33. The molecule has 1 atom stereocenters. The first kappa shape index (κ1) is 15.7. The molecule has 0 saturated carbocycles. The van der Waals surface area contributed by atoms with E-state index in [2.05, 4.69) is 10.3 Å². The van der Waals surface area contributed by atoms with Crippen LogP contribution in [0.15, 0.2) is 46.5 Å². The van der Waals surface area contributed by atoms with Crippen molar-refractivity contribution < 1.29 is 9.18 Å².